The van der Waals surface area contributed by atoms with E-state index in [1.54, 1.807) is 11.7 Å². The Hall–Kier alpha value is -2.75. The number of hydrogen-bond donors (Lipinski definition) is 0. The number of non-ortho nitro benzene ring substituents is 1. The fourth-order valence-electron chi connectivity index (χ4n) is 3.50. The van der Waals surface area contributed by atoms with Crippen molar-refractivity contribution in [2.24, 2.45) is 0 Å². The van der Waals surface area contributed by atoms with Crippen LogP contribution >= 0.6 is 0 Å². The molecule has 0 N–H and O–H groups in total. The van der Waals surface area contributed by atoms with Crippen LogP contribution in [0.15, 0.2) is 24.3 Å². The van der Waals surface area contributed by atoms with Crippen molar-refractivity contribution in [3.63, 3.8) is 0 Å². The maximum atomic E-state index is 12.7. The van der Waals surface area contributed by atoms with Gasteiger partial charge in [-0.2, -0.15) is 5.10 Å². The van der Waals surface area contributed by atoms with Gasteiger partial charge in [0.1, 0.15) is 0 Å². The molecular formula is C18H22N4O5S. The highest BCUT2D eigenvalue weighted by Crippen LogP contribution is 2.27. The van der Waals surface area contributed by atoms with E-state index in [9.17, 15) is 23.3 Å². The molecule has 2 aromatic rings. The van der Waals surface area contributed by atoms with Gasteiger partial charge in [-0.05, 0) is 32.4 Å². The number of benzene rings is 1. The van der Waals surface area contributed by atoms with E-state index in [0.717, 1.165) is 17.0 Å². The summed E-state index contributed by atoms with van der Waals surface area (Å²) in [5.41, 5.74) is 2.77. The first-order chi connectivity index (χ1) is 13.1. The Kier molecular flexibility index (Phi) is 5.24. The van der Waals surface area contributed by atoms with Crippen LogP contribution < -0.4 is 0 Å². The summed E-state index contributed by atoms with van der Waals surface area (Å²) in [5, 5.41) is 15.3. The van der Waals surface area contributed by atoms with E-state index < -0.39 is 14.8 Å². The lowest BCUT2D eigenvalue weighted by molar-refractivity contribution is -0.384. The second-order valence-electron chi connectivity index (χ2n) is 7.12. The Balaban J connectivity index is 1.77. The molecule has 2 heterocycles. The molecular weight excluding hydrogens is 384 g/mol. The third-order valence-electron chi connectivity index (χ3n) is 5.10. The zero-order valence-electron chi connectivity index (χ0n) is 16.0. The van der Waals surface area contributed by atoms with Crippen LogP contribution in [0.1, 0.15) is 39.8 Å². The van der Waals surface area contributed by atoms with Gasteiger partial charge in [0.15, 0.2) is 9.84 Å². The molecule has 0 spiro atoms. The molecule has 0 saturated carbocycles. The highest BCUT2D eigenvalue weighted by atomic mass is 32.2. The minimum atomic E-state index is -3.02. The van der Waals surface area contributed by atoms with Crippen LogP contribution in [0.25, 0.3) is 0 Å². The molecule has 9 nitrogen and oxygen atoms in total. The standard InChI is InChI=1S/C18H22N4O5S/c1-12-17(13(2)21(19-12)16-8-9-28(26,27)11-16)10-20(3)18(23)14-4-6-15(7-5-14)22(24)25/h4-7,16H,8-11H2,1-3H3. The van der Waals surface area contributed by atoms with Crippen molar-refractivity contribution in [3.05, 3.63) is 56.9 Å². The second kappa shape index (κ2) is 7.34. The van der Waals surface area contributed by atoms with Crippen LogP contribution in [0.3, 0.4) is 0 Å². The summed E-state index contributed by atoms with van der Waals surface area (Å²) in [6, 6.07) is 5.30. The molecule has 3 rings (SSSR count). The topological polar surface area (TPSA) is 115 Å². The highest BCUT2D eigenvalue weighted by molar-refractivity contribution is 7.91. The summed E-state index contributed by atoms with van der Waals surface area (Å²) >= 11 is 0. The number of sulfone groups is 1. The molecule has 10 heteroatoms. The van der Waals surface area contributed by atoms with Gasteiger partial charge in [-0.3, -0.25) is 19.6 Å². The number of nitro benzene ring substituents is 1. The smallest absolute Gasteiger partial charge is 0.269 e. The van der Waals surface area contributed by atoms with Crippen LogP contribution in [0.4, 0.5) is 5.69 Å². The quantitative estimate of drug-likeness (QED) is 0.554. The lowest BCUT2D eigenvalue weighted by Crippen LogP contribution is -2.26. The number of carbonyl (C=O) groups excluding carboxylic acids is 1. The molecule has 0 radical (unpaired) electrons. The Morgan fingerprint density at radius 3 is 2.50 bits per heavy atom. The van der Waals surface area contributed by atoms with E-state index in [1.165, 1.54) is 29.2 Å². The first-order valence-electron chi connectivity index (χ1n) is 8.84. The molecule has 28 heavy (non-hydrogen) atoms. The number of carbonyl (C=O) groups is 1. The predicted molar refractivity (Wildman–Crippen MR) is 103 cm³/mol. The predicted octanol–water partition coefficient (Wildman–Crippen LogP) is 2.04. The third kappa shape index (κ3) is 3.91. The van der Waals surface area contributed by atoms with E-state index in [2.05, 4.69) is 5.10 Å². The van der Waals surface area contributed by atoms with Crippen LogP contribution in [0, 0.1) is 24.0 Å². The summed E-state index contributed by atoms with van der Waals surface area (Å²) in [7, 11) is -1.37. The van der Waals surface area contributed by atoms with Gasteiger partial charge in [-0.15, -0.1) is 0 Å². The Morgan fingerprint density at radius 2 is 1.96 bits per heavy atom. The SMILES string of the molecule is Cc1nn(C2CCS(=O)(=O)C2)c(C)c1CN(C)C(=O)c1ccc([N+](=O)[O-])cc1. The first kappa shape index (κ1) is 20.0. The van der Waals surface area contributed by atoms with E-state index in [0.29, 0.717) is 18.5 Å². The van der Waals surface area contributed by atoms with E-state index in [-0.39, 0.29) is 29.1 Å². The summed E-state index contributed by atoms with van der Waals surface area (Å²) in [6.07, 6.45) is 0.543. The molecule has 1 amide bonds. The van der Waals surface area contributed by atoms with Gasteiger partial charge in [0, 0.05) is 42.5 Å². The van der Waals surface area contributed by atoms with E-state index in [1.807, 2.05) is 13.8 Å². The molecule has 0 bridgehead atoms. The average Bonchev–Trinajstić information content (AvgIpc) is 3.14. The van der Waals surface area contributed by atoms with Crippen LogP contribution in [0.5, 0.6) is 0 Å². The van der Waals surface area contributed by atoms with Crippen molar-refractivity contribution < 1.29 is 18.1 Å². The Morgan fingerprint density at radius 1 is 1.32 bits per heavy atom. The van der Waals surface area contributed by atoms with Crippen molar-refractivity contribution >= 4 is 21.4 Å². The largest absolute Gasteiger partial charge is 0.337 e. The van der Waals surface area contributed by atoms with Crippen LogP contribution in [-0.2, 0) is 16.4 Å². The summed E-state index contributed by atoms with van der Waals surface area (Å²) in [5.74, 6) is 0.000408. The number of amides is 1. The van der Waals surface area contributed by atoms with Crippen molar-refractivity contribution in [2.45, 2.75) is 32.9 Å². The molecule has 1 atom stereocenters. The zero-order chi connectivity index (χ0) is 20.6. The molecule has 1 aliphatic rings. The van der Waals surface area contributed by atoms with Gasteiger partial charge in [0.2, 0.25) is 0 Å². The van der Waals surface area contributed by atoms with Crippen molar-refractivity contribution in [1.82, 2.24) is 14.7 Å². The molecule has 1 aromatic heterocycles. The van der Waals surface area contributed by atoms with Gasteiger partial charge in [0.05, 0.1) is 28.2 Å². The summed E-state index contributed by atoms with van der Waals surface area (Å²) in [4.78, 5) is 24.4. The molecule has 1 aromatic carbocycles. The second-order valence-corrected chi connectivity index (χ2v) is 9.34. The minimum absolute atomic E-state index is 0.0707. The summed E-state index contributed by atoms with van der Waals surface area (Å²) < 4.78 is 25.3. The van der Waals surface area contributed by atoms with Crippen LogP contribution in [-0.4, -0.2) is 52.5 Å². The van der Waals surface area contributed by atoms with Gasteiger partial charge >= 0.3 is 0 Å². The maximum absolute atomic E-state index is 12.7. The summed E-state index contributed by atoms with van der Waals surface area (Å²) in [6.45, 7) is 4.03. The number of nitrogens with zero attached hydrogens (tertiary/aromatic N) is 4. The fraction of sp³-hybridized carbons (Fsp3) is 0.444. The minimum Gasteiger partial charge on any atom is -0.337 e. The van der Waals surface area contributed by atoms with Gasteiger partial charge in [-0.25, -0.2) is 8.42 Å². The molecule has 1 unspecified atom stereocenters. The molecule has 1 aliphatic heterocycles. The Bertz CT molecular complexity index is 1030. The fourth-order valence-corrected chi connectivity index (χ4v) is 5.20. The van der Waals surface area contributed by atoms with E-state index in [4.69, 9.17) is 0 Å². The molecule has 1 fully saturated rings. The first-order valence-corrected chi connectivity index (χ1v) is 10.7. The van der Waals surface area contributed by atoms with Crippen molar-refractivity contribution in [3.8, 4) is 0 Å². The molecule has 150 valence electrons. The molecule has 0 aliphatic carbocycles. The van der Waals surface area contributed by atoms with Gasteiger partial charge in [0.25, 0.3) is 11.6 Å². The Labute approximate surface area is 163 Å². The lowest BCUT2D eigenvalue weighted by atomic mass is 10.1. The zero-order valence-corrected chi connectivity index (χ0v) is 16.8. The maximum Gasteiger partial charge on any atom is 0.269 e. The number of rotatable bonds is 5. The highest BCUT2D eigenvalue weighted by Gasteiger charge is 2.31. The normalized spacial score (nSPS) is 18.2. The lowest BCUT2D eigenvalue weighted by Gasteiger charge is -2.18. The van der Waals surface area contributed by atoms with Crippen molar-refractivity contribution in [2.75, 3.05) is 18.6 Å². The number of aryl methyl sites for hydroxylation is 1. The van der Waals surface area contributed by atoms with Crippen LogP contribution in [0.2, 0.25) is 0 Å². The molecule has 1 saturated heterocycles. The average molecular weight is 406 g/mol. The number of nitro groups is 1. The third-order valence-corrected chi connectivity index (χ3v) is 6.85. The van der Waals surface area contributed by atoms with Crippen molar-refractivity contribution in [1.29, 1.82) is 0 Å². The number of aromatic nitrogens is 2. The number of hydrogen-bond acceptors (Lipinski definition) is 6. The van der Waals surface area contributed by atoms with E-state index >= 15 is 0 Å². The van der Waals surface area contributed by atoms with Gasteiger partial charge in [-0.1, -0.05) is 0 Å². The van der Waals surface area contributed by atoms with Gasteiger partial charge < -0.3 is 4.90 Å². The monoisotopic (exact) mass is 406 g/mol.